The lowest BCUT2D eigenvalue weighted by Crippen LogP contribution is -2.39. The predicted octanol–water partition coefficient (Wildman–Crippen LogP) is 0.331. The number of rotatable bonds is 7. The molecule has 7 heteroatoms. The molecule has 0 aromatic carbocycles. The normalized spacial score (nSPS) is 30.6. The van der Waals surface area contributed by atoms with E-state index in [1.807, 2.05) is 7.05 Å². The summed E-state index contributed by atoms with van der Waals surface area (Å²) < 4.78 is 0. The highest BCUT2D eigenvalue weighted by atomic mass is 35.5. The second-order valence-corrected chi connectivity index (χ2v) is 6.39. The van der Waals surface area contributed by atoms with Gasteiger partial charge in [0.05, 0.1) is 11.8 Å². The Morgan fingerprint density at radius 1 is 1.17 bits per heavy atom. The molecule has 1 saturated heterocycles. The van der Waals surface area contributed by atoms with Gasteiger partial charge in [0.1, 0.15) is 0 Å². The van der Waals surface area contributed by atoms with Crippen molar-refractivity contribution in [2.45, 2.75) is 19.3 Å². The standard InChI is InChI=1S/C16H23N3O3.ClH/c1-17-6-2-3-12(20)18-7-8-19-15(21)13-10-4-5-11(9-10)14(13)16(19)22;/h4-5,10-11,13-14,17H,2-3,6-9H2,1H3,(H,18,20);1H. The van der Waals surface area contributed by atoms with Gasteiger partial charge in [-0.15, -0.1) is 12.4 Å². The van der Waals surface area contributed by atoms with Gasteiger partial charge in [0.15, 0.2) is 0 Å². The van der Waals surface area contributed by atoms with E-state index in [0.717, 1.165) is 19.4 Å². The lowest BCUT2D eigenvalue weighted by molar-refractivity contribution is -0.141. The van der Waals surface area contributed by atoms with E-state index in [0.29, 0.717) is 19.5 Å². The van der Waals surface area contributed by atoms with Crippen LogP contribution in [-0.4, -0.2) is 49.3 Å². The molecular weight excluding hydrogens is 318 g/mol. The Morgan fingerprint density at radius 2 is 1.78 bits per heavy atom. The van der Waals surface area contributed by atoms with Crippen LogP contribution in [0.2, 0.25) is 0 Å². The number of hydrogen-bond donors (Lipinski definition) is 2. The first-order chi connectivity index (χ1) is 10.6. The number of likely N-dealkylation sites (tertiary alicyclic amines) is 1. The van der Waals surface area contributed by atoms with Crippen LogP contribution in [0.1, 0.15) is 19.3 Å². The number of nitrogens with one attached hydrogen (secondary N) is 2. The summed E-state index contributed by atoms with van der Waals surface area (Å²) in [5.74, 6) is 0.0756. The maximum Gasteiger partial charge on any atom is 0.233 e. The second-order valence-electron chi connectivity index (χ2n) is 6.39. The molecule has 0 radical (unpaired) electrons. The molecule has 0 spiro atoms. The van der Waals surface area contributed by atoms with Crippen LogP contribution in [-0.2, 0) is 14.4 Å². The zero-order valence-electron chi connectivity index (χ0n) is 13.3. The summed E-state index contributed by atoms with van der Waals surface area (Å²) in [7, 11) is 1.85. The zero-order chi connectivity index (χ0) is 15.7. The highest BCUT2D eigenvalue weighted by Crippen LogP contribution is 2.52. The van der Waals surface area contributed by atoms with E-state index in [4.69, 9.17) is 0 Å². The van der Waals surface area contributed by atoms with Crippen molar-refractivity contribution in [2.24, 2.45) is 23.7 Å². The Hall–Kier alpha value is -1.40. The van der Waals surface area contributed by atoms with Crippen LogP contribution >= 0.6 is 12.4 Å². The summed E-state index contributed by atoms with van der Waals surface area (Å²) in [6.45, 7) is 1.44. The molecular formula is C16H24ClN3O3. The predicted molar refractivity (Wildman–Crippen MR) is 87.9 cm³/mol. The molecule has 3 rings (SSSR count). The first-order valence-electron chi connectivity index (χ1n) is 8.08. The monoisotopic (exact) mass is 341 g/mol. The third kappa shape index (κ3) is 3.28. The number of allylic oxidation sites excluding steroid dienone is 2. The topological polar surface area (TPSA) is 78.5 Å². The summed E-state index contributed by atoms with van der Waals surface area (Å²) in [5.41, 5.74) is 0. The summed E-state index contributed by atoms with van der Waals surface area (Å²) in [4.78, 5) is 37.8. The summed E-state index contributed by atoms with van der Waals surface area (Å²) in [6, 6.07) is 0. The van der Waals surface area contributed by atoms with Gasteiger partial charge in [-0.25, -0.2) is 0 Å². The van der Waals surface area contributed by atoms with E-state index >= 15 is 0 Å². The molecule has 2 N–H and O–H groups in total. The molecule has 6 nitrogen and oxygen atoms in total. The fraction of sp³-hybridized carbons (Fsp3) is 0.688. The van der Waals surface area contributed by atoms with E-state index in [9.17, 15) is 14.4 Å². The van der Waals surface area contributed by atoms with Crippen molar-refractivity contribution in [3.05, 3.63) is 12.2 Å². The van der Waals surface area contributed by atoms with Crippen molar-refractivity contribution in [3.63, 3.8) is 0 Å². The number of carbonyl (C=O) groups is 3. The van der Waals surface area contributed by atoms with Crippen LogP contribution in [0.15, 0.2) is 12.2 Å². The minimum Gasteiger partial charge on any atom is -0.354 e. The molecule has 128 valence electrons. The van der Waals surface area contributed by atoms with Crippen LogP contribution in [0, 0.1) is 23.7 Å². The lowest BCUT2D eigenvalue weighted by atomic mass is 9.85. The van der Waals surface area contributed by atoms with Crippen LogP contribution in [0.25, 0.3) is 0 Å². The fourth-order valence-electron chi connectivity index (χ4n) is 4.01. The number of carbonyl (C=O) groups excluding carboxylic acids is 3. The number of amides is 3. The van der Waals surface area contributed by atoms with Crippen molar-refractivity contribution < 1.29 is 14.4 Å². The lowest BCUT2D eigenvalue weighted by Gasteiger charge is -2.17. The molecule has 0 aromatic rings. The quantitative estimate of drug-likeness (QED) is 0.397. The first kappa shape index (κ1) is 17.9. The van der Waals surface area contributed by atoms with Gasteiger partial charge in [-0.05, 0) is 38.3 Å². The third-order valence-corrected chi connectivity index (χ3v) is 5.05. The number of hydrogen-bond acceptors (Lipinski definition) is 4. The number of halogens is 1. The molecule has 23 heavy (non-hydrogen) atoms. The van der Waals surface area contributed by atoms with Gasteiger partial charge in [0, 0.05) is 19.5 Å². The minimum atomic E-state index is -0.145. The molecule has 2 fully saturated rings. The average molecular weight is 342 g/mol. The highest BCUT2D eigenvalue weighted by molar-refractivity contribution is 6.06. The van der Waals surface area contributed by atoms with Gasteiger partial charge in [-0.1, -0.05) is 12.2 Å². The van der Waals surface area contributed by atoms with Crippen molar-refractivity contribution in [3.8, 4) is 0 Å². The van der Waals surface area contributed by atoms with Crippen LogP contribution < -0.4 is 10.6 Å². The van der Waals surface area contributed by atoms with Crippen LogP contribution in [0.3, 0.4) is 0 Å². The number of imide groups is 1. The molecule has 4 unspecified atom stereocenters. The molecule has 3 aliphatic rings. The minimum absolute atomic E-state index is 0. The molecule has 0 aromatic heterocycles. The maximum atomic E-state index is 12.4. The molecule has 1 heterocycles. The first-order valence-corrected chi connectivity index (χ1v) is 8.08. The van der Waals surface area contributed by atoms with Crippen LogP contribution in [0.4, 0.5) is 0 Å². The van der Waals surface area contributed by atoms with Crippen molar-refractivity contribution >= 4 is 30.1 Å². The highest BCUT2D eigenvalue weighted by Gasteiger charge is 2.58. The summed E-state index contributed by atoms with van der Waals surface area (Å²) in [5, 5.41) is 5.77. The Kier molecular flexibility index (Phi) is 5.81. The molecule has 3 amide bonds. The van der Waals surface area contributed by atoms with Gasteiger partial charge >= 0.3 is 0 Å². The van der Waals surface area contributed by atoms with Gasteiger partial charge < -0.3 is 10.6 Å². The molecule has 4 atom stereocenters. The van der Waals surface area contributed by atoms with Crippen molar-refractivity contribution in [2.75, 3.05) is 26.7 Å². The van der Waals surface area contributed by atoms with Gasteiger partial charge in [-0.3, -0.25) is 19.3 Å². The Bertz CT molecular complexity index is 493. The van der Waals surface area contributed by atoms with Crippen molar-refractivity contribution in [1.82, 2.24) is 15.5 Å². The molecule has 2 aliphatic carbocycles. The van der Waals surface area contributed by atoms with Gasteiger partial charge in [0.2, 0.25) is 17.7 Å². The van der Waals surface area contributed by atoms with Crippen molar-refractivity contribution in [1.29, 1.82) is 0 Å². The summed E-state index contributed by atoms with van der Waals surface area (Å²) >= 11 is 0. The maximum absolute atomic E-state index is 12.4. The van der Waals surface area contributed by atoms with Crippen LogP contribution in [0.5, 0.6) is 0 Å². The fourth-order valence-corrected chi connectivity index (χ4v) is 4.01. The number of fused-ring (bicyclic) bond motifs is 5. The average Bonchev–Trinajstić information content (AvgIpc) is 3.16. The largest absolute Gasteiger partial charge is 0.354 e. The van der Waals surface area contributed by atoms with E-state index < -0.39 is 0 Å². The van der Waals surface area contributed by atoms with E-state index in [1.165, 1.54) is 4.90 Å². The second kappa shape index (κ2) is 7.45. The van der Waals surface area contributed by atoms with Gasteiger partial charge in [-0.2, -0.15) is 0 Å². The molecule has 1 saturated carbocycles. The Labute approximate surface area is 142 Å². The Balaban J connectivity index is 0.00000192. The van der Waals surface area contributed by atoms with E-state index in [-0.39, 0.29) is 53.8 Å². The SMILES string of the molecule is CNCCCC(=O)NCCN1C(=O)C2C3C=CC(C3)C2C1=O.Cl. The van der Waals surface area contributed by atoms with E-state index in [2.05, 4.69) is 22.8 Å². The molecule has 1 aliphatic heterocycles. The van der Waals surface area contributed by atoms with E-state index in [1.54, 1.807) is 0 Å². The zero-order valence-corrected chi connectivity index (χ0v) is 14.1. The Morgan fingerprint density at radius 3 is 2.35 bits per heavy atom. The smallest absolute Gasteiger partial charge is 0.233 e. The summed E-state index contributed by atoms with van der Waals surface area (Å²) in [6.07, 6.45) is 6.36. The number of nitrogens with zero attached hydrogens (tertiary/aromatic N) is 1. The molecule has 2 bridgehead atoms. The van der Waals surface area contributed by atoms with Gasteiger partial charge in [0.25, 0.3) is 0 Å². The third-order valence-electron chi connectivity index (χ3n) is 5.05.